The summed E-state index contributed by atoms with van der Waals surface area (Å²) < 4.78 is 5.39. The summed E-state index contributed by atoms with van der Waals surface area (Å²) in [4.78, 5) is 0. The molecule has 1 aromatic carbocycles. The summed E-state index contributed by atoms with van der Waals surface area (Å²) >= 11 is 2.11. The average molecular weight is 318 g/mol. The van der Waals surface area contributed by atoms with Crippen molar-refractivity contribution in [3.63, 3.8) is 0 Å². The molecule has 0 amide bonds. The summed E-state index contributed by atoms with van der Waals surface area (Å²) in [5.74, 6) is 0.573. The molecule has 3 nitrogen and oxygen atoms in total. The minimum Gasteiger partial charge on any atom is -0.411 e. The Morgan fingerprint density at radius 1 is 1.21 bits per heavy atom. The average Bonchev–Trinajstić information content (AvgIpc) is 2.67. The molecule has 72 valence electrons. The largest absolute Gasteiger partial charge is 0.411 e. The lowest BCUT2D eigenvalue weighted by atomic mass is 10.1. The van der Waals surface area contributed by atoms with Crippen LogP contribution in [0.15, 0.2) is 33.9 Å². The third kappa shape index (κ3) is 2.09. The quantitative estimate of drug-likeness (QED) is 0.795. The number of aromatic nitrogens is 2. The topological polar surface area (TPSA) is 38.9 Å². The van der Waals surface area contributed by atoms with Gasteiger partial charge in [-0.1, -0.05) is 17.7 Å². The minimum atomic E-state index is 0.573. The van der Waals surface area contributed by atoms with Crippen molar-refractivity contribution in [1.29, 1.82) is 0 Å². The Balaban J connectivity index is 2.34. The molecule has 1 heterocycles. The molecule has 0 atom stereocenters. The second-order valence-electron chi connectivity index (χ2n) is 2.82. The third-order valence-corrected chi connectivity index (χ3v) is 3.20. The summed E-state index contributed by atoms with van der Waals surface area (Å²) in [5.41, 5.74) is 2.18. The van der Waals surface area contributed by atoms with Crippen molar-refractivity contribution >= 4 is 30.1 Å². The summed E-state index contributed by atoms with van der Waals surface area (Å²) in [6.07, 6.45) is 0. The second kappa shape index (κ2) is 4.31. The Hall–Kier alpha value is -0.560. The normalized spacial score (nSPS) is 10.4. The number of benzene rings is 1. The van der Waals surface area contributed by atoms with Gasteiger partial charge in [-0.25, -0.2) is 0 Å². The van der Waals surface area contributed by atoms with Gasteiger partial charge in [-0.3, -0.25) is 0 Å². The monoisotopic (exact) mass is 318 g/mol. The second-order valence-corrected chi connectivity index (χ2v) is 4.64. The van der Waals surface area contributed by atoms with E-state index in [4.69, 9.17) is 4.42 Å². The van der Waals surface area contributed by atoms with Gasteiger partial charge < -0.3 is 4.42 Å². The van der Waals surface area contributed by atoms with E-state index in [1.807, 2.05) is 31.2 Å². The molecule has 0 radical (unpaired) electrons. The van der Waals surface area contributed by atoms with Crippen molar-refractivity contribution in [2.45, 2.75) is 12.1 Å². The standard InChI is InChI=1S/C9H7IN2OS/c1-6-2-4-7(5-3-6)8-11-12-9(13-8)14-10/h2-5H,1H3. The van der Waals surface area contributed by atoms with E-state index in [0.717, 1.165) is 5.56 Å². The summed E-state index contributed by atoms with van der Waals surface area (Å²) in [7, 11) is 1.42. The molecular weight excluding hydrogens is 311 g/mol. The number of hydrogen-bond donors (Lipinski definition) is 0. The van der Waals surface area contributed by atoms with Crippen molar-refractivity contribution in [2.24, 2.45) is 0 Å². The van der Waals surface area contributed by atoms with Crippen LogP contribution in [0.25, 0.3) is 11.5 Å². The zero-order valence-corrected chi connectivity index (χ0v) is 10.4. The van der Waals surface area contributed by atoms with Gasteiger partial charge in [0.2, 0.25) is 5.89 Å². The molecule has 0 spiro atoms. The van der Waals surface area contributed by atoms with Crippen LogP contribution >= 0.6 is 30.1 Å². The Bertz CT molecular complexity index is 427. The maximum Gasteiger partial charge on any atom is 0.287 e. The van der Waals surface area contributed by atoms with Crippen LogP contribution in [-0.4, -0.2) is 10.2 Å². The first-order valence-corrected chi connectivity index (χ1v) is 7.34. The molecule has 0 aliphatic heterocycles. The van der Waals surface area contributed by atoms with E-state index >= 15 is 0 Å². The summed E-state index contributed by atoms with van der Waals surface area (Å²) in [5, 5.41) is 8.40. The fourth-order valence-corrected chi connectivity index (χ4v) is 1.77. The first-order valence-electron chi connectivity index (χ1n) is 3.99. The van der Waals surface area contributed by atoms with Crippen LogP contribution < -0.4 is 0 Å². The zero-order chi connectivity index (χ0) is 9.97. The first kappa shape index (κ1) is 9.97. The van der Waals surface area contributed by atoms with E-state index in [1.165, 1.54) is 14.5 Å². The van der Waals surface area contributed by atoms with Gasteiger partial charge in [-0.15, -0.1) is 10.2 Å². The zero-order valence-electron chi connectivity index (χ0n) is 7.40. The van der Waals surface area contributed by atoms with Gasteiger partial charge in [-0.05, 0) is 19.1 Å². The van der Waals surface area contributed by atoms with Crippen LogP contribution in [0, 0.1) is 6.92 Å². The molecular formula is C9H7IN2OS. The highest BCUT2D eigenvalue weighted by atomic mass is 127. The smallest absolute Gasteiger partial charge is 0.287 e. The Morgan fingerprint density at radius 3 is 2.50 bits per heavy atom. The van der Waals surface area contributed by atoms with Gasteiger partial charge in [0.05, 0.1) is 0 Å². The number of hydrogen-bond acceptors (Lipinski definition) is 4. The SMILES string of the molecule is Cc1ccc(-c2nnc(SI)o2)cc1. The molecule has 0 unspecified atom stereocenters. The molecule has 0 saturated carbocycles. The van der Waals surface area contributed by atoms with Crippen molar-refractivity contribution in [1.82, 2.24) is 10.2 Å². The van der Waals surface area contributed by atoms with Gasteiger partial charge >= 0.3 is 0 Å². The maximum absolute atomic E-state index is 5.39. The van der Waals surface area contributed by atoms with Gasteiger partial charge in [0.15, 0.2) is 0 Å². The van der Waals surface area contributed by atoms with Crippen LogP contribution in [0.4, 0.5) is 0 Å². The fraction of sp³-hybridized carbons (Fsp3) is 0.111. The van der Waals surface area contributed by atoms with Crippen molar-refractivity contribution in [2.75, 3.05) is 0 Å². The molecule has 0 aliphatic rings. The molecule has 5 heteroatoms. The lowest BCUT2D eigenvalue weighted by molar-refractivity contribution is 0.468. The minimum absolute atomic E-state index is 0.573. The molecule has 0 fully saturated rings. The van der Waals surface area contributed by atoms with Crippen LogP contribution in [0.1, 0.15) is 5.56 Å². The van der Waals surface area contributed by atoms with Crippen molar-refractivity contribution in [3.8, 4) is 11.5 Å². The molecule has 0 aliphatic carbocycles. The Morgan fingerprint density at radius 2 is 1.93 bits per heavy atom. The summed E-state index contributed by atoms with van der Waals surface area (Å²) in [6, 6.07) is 8.00. The van der Waals surface area contributed by atoms with Crippen molar-refractivity contribution < 1.29 is 4.42 Å². The van der Waals surface area contributed by atoms with E-state index in [9.17, 15) is 0 Å². The maximum atomic E-state index is 5.39. The van der Waals surface area contributed by atoms with Gasteiger partial charge in [0, 0.05) is 35.7 Å². The molecule has 0 N–H and O–H groups in total. The molecule has 1 aromatic heterocycles. The van der Waals surface area contributed by atoms with E-state index in [2.05, 4.69) is 31.4 Å². The highest BCUT2D eigenvalue weighted by molar-refractivity contribution is 14.2. The van der Waals surface area contributed by atoms with E-state index in [0.29, 0.717) is 11.1 Å². The van der Waals surface area contributed by atoms with Gasteiger partial charge in [0.25, 0.3) is 5.22 Å². The van der Waals surface area contributed by atoms with Crippen molar-refractivity contribution in [3.05, 3.63) is 29.8 Å². The number of rotatable bonds is 2. The Labute approximate surface area is 97.9 Å². The lowest BCUT2D eigenvalue weighted by Crippen LogP contribution is -1.77. The lowest BCUT2D eigenvalue weighted by Gasteiger charge is -1.94. The van der Waals surface area contributed by atoms with Crippen LogP contribution in [0.5, 0.6) is 0 Å². The number of halogens is 1. The third-order valence-electron chi connectivity index (χ3n) is 1.77. The van der Waals surface area contributed by atoms with E-state index in [-0.39, 0.29) is 0 Å². The van der Waals surface area contributed by atoms with E-state index in [1.54, 1.807) is 0 Å². The highest BCUT2D eigenvalue weighted by Crippen LogP contribution is 2.26. The van der Waals surface area contributed by atoms with Crippen LogP contribution in [0.2, 0.25) is 0 Å². The van der Waals surface area contributed by atoms with E-state index < -0.39 is 0 Å². The molecule has 2 rings (SSSR count). The number of aryl methyl sites for hydroxylation is 1. The van der Waals surface area contributed by atoms with Gasteiger partial charge in [-0.2, -0.15) is 0 Å². The number of nitrogens with zero attached hydrogens (tertiary/aromatic N) is 2. The molecule has 0 saturated heterocycles. The predicted octanol–water partition coefficient (Wildman–Crippen LogP) is 3.49. The summed E-state index contributed by atoms with van der Waals surface area (Å²) in [6.45, 7) is 2.05. The highest BCUT2D eigenvalue weighted by Gasteiger charge is 2.06. The van der Waals surface area contributed by atoms with Crippen LogP contribution in [-0.2, 0) is 0 Å². The first-order chi connectivity index (χ1) is 6.79. The predicted molar refractivity (Wildman–Crippen MR) is 64.3 cm³/mol. The molecule has 14 heavy (non-hydrogen) atoms. The molecule has 2 aromatic rings. The molecule has 0 bridgehead atoms. The van der Waals surface area contributed by atoms with Gasteiger partial charge in [0.1, 0.15) is 0 Å². The fourth-order valence-electron chi connectivity index (χ4n) is 1.05. The Kier molecular flexibility index (Phi) is 3.07. The van der Waals surface area contributed by atoms with Crippen LogP contribution in [0.3, 0.4) is 0 Å².